The van der Waals surface area contributed by atoms with Gasteiger partial charge in [-0.2, -0.15) is 0 Å². The van der Waals surface area contributed by atoms with Crippen LogP contribution in [0.15, 0.2) is 61.1 Å². The summed E-state index contributed by atoms with van der Waals surface area (Å²) in [4.78, 5) is 17.5. The van der Waals surface area contributed by atoms with Gasteiger partial charge < -0.3 is 0 Å². The minimum atomic E-state index is 0.746. The summed E-state index contributed by atoms with van der Waals surface area (Å²) in [7, 11) is 0. The third-order valence-electron chi connectivity index (χ3n) is 3.21. The number of nitrogens with zero attached hydrogens (tertiary/aromatic N) is 4. The van der Waals surface area contributed by atoms with Crippen LogP contribution in [0, 0.1) is 0 Å². The molecule has 0 amide bonds. The second-order valence-electron chi connectivity index (χ2n) is 4.52. The van der Waals surface area contributed by atoms with Gasteiger partial charge >= 0.3 is 0 Å². The highest BCUT2D eigenvalue weighted by Gasteiger charge is 2.04. The predicted molar refractivity (Wildman–Crippen MR) is 78.1 cm³/mol. The van der Waals surface area contributed by atoms with Crippen molar-refractivity contribution in [1.82, 2.24) is 19.9 Å². The Morgan fingerprint density at radius 3 is 2.40 bits per heavy atom. The van der Waals surface area contributed by atoms with E-state index in [-0.39, 0.29) is 0 Å². The Morgan fingerprint density at radius 1 is 0.700 bits per heavy atom. The molecule has 0 atom stereocenters. The monoisotopic (exact) mass is 258 g/mol. The van der Waals surface area contributed by atoms with Crippen LogP contribution in [0.5, 0.6) is 0 Å². The van der Waals surface area contributed by atoms with Gasteiger partial charge in [-0.1, -0.05) is 0 Å². The highest BCUT2D eigenvalue weighted by molar-refractivity contribution is 5.82. The van der Waals surface area contributed by atoms with E-state index in [1.54, 1.807) is 18.6 Å². The molecule has 4 aromatic rings. The molecule has 4 rings (SSSR count). The second-order valence-corrected chi connectivity index (χ2v) is 4.52. The van der Waals surface area contributed by atoms with Crippen LogP contribution in [-0.4, -0.2) is 19.9 Å². The lowest BCUT2D eigenvalue weighted by Gasteiger charge is -2.03. The smallest absolute Gasteiger partial charge is 0.159 e. The summed E-state index contributed by atoms with van der Waals surface area (Å²) in [5.74, 6) is 0. The van der Waals surface area contributed by atoms with Gasteiger partial charge in [-0.15, -0.1) is 0 Å². The minimum Gasteiger partial charge on any atom is -0.237 e. The normalized spacial score (nSPS) is 11.0. The molecule has 0 N–H and O–H groups in total. The van der Waals surface area contributed by atoms with Gasteiger partial charge in [0.15, 0.2) is 11.3 Å². The van der Waals surface area contributed by atoms with Crippen LogP contribution < -0.4 is 0 Å². The summed E-state index contributed by atoms with van der Waals surface area (Å²) in [6.45, 7) is 0. The summed E-state index contributed by atoms with van der Waals surface area (Å²) in [5, 5.41) is 2.04. The van der Waals surface area contributed by atoms with E-state index in [1.165, 1.54) is 0 Å². The number of rotatable bonds is 1. The third-order valence-corrected chi connectivity index (χ3v) is 3.21. The van der Waals surface area contributed by atoms with Gasteiger partial charge in [0.05, 0.1) is 5.69 Å². The van der Waals surface area contributed by atoms with Crippen LogP contribution in [0.4, 0.5) is 0 Å². The van der Waals surface area contributed by atoms with Crippen molar-refractivity contribution < 1.29 is 0 Å². The highest BCUT2D eigenvalue weighted by atomic mass is 14.9. The van der Waals surface area contributed by atoms with Crippen LogP contribution in [0.3, 0.4) is 0 Å². The lowest BCUT2D eigenvalue weighted by Crippen LogP contribution is -1.89. The third kappa shape index (κ3) is 1.78. The molecule has 4 aromatic heterocycles. The Hall–Kier alpha value is -2.88. The Labute approximate surface area is 115 Å². The van der Waals surface area contributed by atoms with E-state index in [2.05, 4.69) is 19.9 Å². The molecule has 0 radical (unpaired) electrons. The number of hydrogen-bond acceptors (Lipinski definition) is 4. The standard InChI is InChI=1S/C16H10N4/c1-3-11-5-6-14(20-16(11)18-8-1)13-9-12-4-2-7-17-15(12)19-10-13/h1-10H. The minimum absolute atomic E-state index is 0.746. The van der Waals surface area contributed by atoms with Gasteiger partial charge in [0.1, 0.15) is 0 Å². The van der Waals surface area contributed by atoms with E-state index in [0.717, 1.165) is 33.3 Å². The van der Waals surface area contributed by atoms with E-state index < -0.39 is 0 Å². The van der Waals surface area contributed by atoms with Crippen LogP contribution >= 0.6 is 0 Å². The van der Waals surface area contributed by atoms with Gasteiger partial charge in [0, 0.05) is 34.9 Å². The fraction of sp³-hybridized carbons (Fsp3) is 0. The number of fused-ring (bicyclic) bond motifs is 2. The zero-order valence-corrected chi connectivity index (χ0v) is 10.6. The Morgan fingerprint density at radius 2 is 1.50 bits per heavy atom. The Kier molecular flexibility index (Phi) is 2.39. The highest BCUT2D eigenvalue weighted by Crippen LogP contribution is 2.22. The predicted octanol–water partition coefficient (Wildman–Crippen LogP) is 3.24. The van der Waals surface area contributed by atoms with Gasteiger partial charge in [0.2, 0.25) is 0 Å². The SMILES string of the molecule is c1cnc2ncc(-c3ccc4cccnc4n3)cc2c1. The van der Waals surface area contributed by atoms with E-state index in [1.807, 2.05) is 42.5 Å². The molecule has 4 heteroatoms. The van der Waals surface area contributed by atoms with E-state index in [0.29, 0.717) is 0 Å². The fourth-order valence-electron chi connectivity index (χ4n) is 2.22. The molecule has 0 fully saturated rings. The molecule has 4 heterocycles. The topological polar surface area (TPSA) is 51.6 Å². The summed E-state index contributed by atoms with van der Waals surface area (Å²) >= 11 is 0. The van der Waals surface area contributed by atoms with Crippen molar-refractivity contribution in [2.24, 2.45) is 0 Å². The molecule has 0 saturated heterocycles. The molecule has 0 aromatic carbocycles. The van der Waals surface area contributed by atoms with Crippen LogP contribution in [0.1, 0.15) is 0 Å². The molecule has 0 aliphatic heterocycles. The van der Waals surface area contributed by atoms with Crippen molar-refractivity contribution in [3.8, 4) is 11.3 Å². The van der Waals surface area contributed by atoms with Crippen molar-refractivity contribution in [1.29, 1.82) is 0 Å². The van der Waals surface area contributed by atoms with E-state index in [9.17, 15) is 0 Å². The fourth-order valence-corrected chi connectivity index (χ4v) is 2.22. The molecular formula is C16H10N4. The zero-order chi connectivity index (χ0) is 13.4. The average Bonchev–Trinajstić information content (AvgIpc) is 2.54. The van der Waals surface area contributed by atoms with Crippen LogP contribution in [0.25, 0.3) is 33.3 Å². The molecular weight excluding hydrogens is 248 g/mol. The first-order chi connectivity index (χ1) is 9.90. The Balaban J connectivity index is 1.91. The maximum absolute atomic E-state index is 4.58. The lowest BCUT2D eigenvalue weighted by molar-refractivity contribution is 1.26. The van der Waals surface area contributed by atoms with Crippen molar-refractivity contribution in [2.75, 3.05) is 0 Å². The largest absolute Gasteiger partial charge is 0.237 e. The van der Waals surface area contributed by atoms with Crippen LogP contribution in [0.2, 0.25) is 0 Å². The summed E-state index contributed by atoms with van der Waals surface area (Å²) < 4.78 is 0. The van der Waals surface area contributed by atoms with Crippen molar-refractivity contribution in [3.63, 3.8) is 0 Å². The van der Waals surface area contributed by atoms with E-state index in [4.69, 9.17) is 0 Å². The maximum atomic E-state index is 4.58. The molecule has 0 unspecified atom stereocenters. The first kappa shape index (κ1) is 11.0. The maximum Gasteiger partial charge on any atom is 0.159 e. The quantitative estimate of drug-likeness (QED) is 0.526. The Bertz CT molecular complexity index is 841. The van der Waals surface area contributed by atoms with Crippen molar-refractivity contribution in [2.45, 2.75) is 0 Å². The summed E-state index contributed by atoms with van der Waals surface area (Å²) in [5.41, 5.74) is 3.33. The first-order valence-electron chi connectivity index (χ1n) is 6.33. The number of pyridine rings is 4. The first-order valence-corrected chi connectivity index (χ1v) is 6.33. The van der Waals surface area contributed by atoms with E-state index >= 15 is 0 Å². The number of hydrogen-bond donors (Lipinski definition) is 0. The van der Waals surface area contributed by atoms with Gasteiger partial charge in [0.25, 0.3) is 0 Å². The van der Waals surface area contributed by atoms with Gasteiger partial charge in [-0.05, 0) is 42.5 Å². The zero-order valence-electron chi connectivity index (χ0n) is 10.6. The molecule has 0 aliphatic rings. The molecule has 94 valence electrons. The van der Waals surface area contributed by atoms with Gasteiger partial charge in [-0.3, -0.25) is 0 Å². The molecule has 0 aliphatic carbocycles. The number of aromatic nitrogens is 4. The lowest BCUT2D eigenvalue weighted by atomic mass is 10.1. The molecule has 20 heavy (non-hydrogen) atoms. The molecule has 0 bridgehead atoms. The summed E-state index contributed by atoms with van der Waals surface area (Å²) in [6.07, 6.45) is 5.29. The molecule has 0 saturated carbocycles. The average molecular weight is 258 g/mol. The van der Waals surface area contributed by atoms with Crippen LogP contribution in [-0.2, 0) is 0 Å². The molecule has 4 nitrogen and oxygen atoms in total. The van der Waals surface area contributed by atoms with Gasteiger partial charge in [-0.25, -0.2) is 19.9 Å². The van der Waals surface area contributed by atoms with Crippen molar-refractivity contribution >= 4 is 22.1 Å². The molecule has 0 spiro atoms. The second kappa shape index (κ2) is 4.35. The summed E-state index contributed by atoms with van der Waals surface area (Å²) in [6, 6.07) is 13.9. The van der Waals surface area contributed by atoms with Crippen molar-refractivity contribution in [3.05, 3.63) is 61.1 Å².